The summed E-state index contributed by atoms with van der Waals surface area (Å²) in [7, 11) is 0. The van der Waals surface area contributed by atoms with E-state index in [0.29, 0.717) is 5.69 Å². The highest BCUT2D eigenvalue weighted by Gasteiger charge is 2.33. The van der Waals surface area contributed by atoms with Crippen molar-refractivity contribution >= 4 is 28.6 Å². The molecule has 0 aliphatic heterocycles. The van der Waals surface area contributed by atoms with Gasteiger partial charge in [0.25, 0.3) is 0 Å². The van der Waals surface area contributed by atoms with Crippen molar-refractivity contribution < 1.29 is 13.2 Å². The quantitative estimate of drug-likeness (QED) is 0.742. The Balaban J connectivity index is 2.25. The highest BCUT2D eigenvalue weighted by atomic mass is 35.5. The number of hydrogen-bond acceptors (Lipinski definition) is 2. The van der Waals surface area contributed by atoms with Crippen LogP contribution in [-0.2, 0) is 6.18 Å². The average molecular weight is 320 g/mol. The van der Waals surface area contributed by atoms with E-state index in [1.54, 1.807) is 17.4 Å². The second-order valence-corrected chi connectivity index (χ2v) is 5.88. The summed E-state index contributed by atoms with van der Waals surface area (Å²) in [6, 6.07) is 5.79. The molecule has 0 spiro atoms. The molecule has 1 aromatic carbocycles. The van der Waals surface area contributed by atoms with Gasteiger partial charge in [-0.3, -0.25) is 0 Å². The van der Waals surface area contributed by atoms with Crippen LogP contribution in [0.3, 0.4) is 0 Å². The van der Waals surface area contributed by atoms with Crippen LogP contribution in [0, 0.1) is 6.92 Å². The molecule has 0 amide bonds. The van der Waals surface area contributed by atoms with Crippen molar-refractivity contribution in [3.8, 4) is 0 Å². The maximum absolute atomic E-state index is 12.8. The number of rotatable bonds is 3. The maximum Gasteiger partial charge on any atom is 0.417 e. The van der Waals surface area contributed by atoms with Gasteiger partial charge in [0.1, 0.15) is 0 Å². The third kappa shape index (κ3) is 3.27. The summed E-state index contributed by atoms with van der Waals surface area (Å²) >= 11 is 7.18. The molecule has 1 heterocycles. The molecule has 2 aromatic rings. The Morgan fingerprint density at radius 3 is 2.50 bits per heavy atom. The van der Waals surface area contributed by atoms with Crippen molar-refractivity contribution in [3.05, 3.63) is 50.7 Å². The number of aryl methyl sites for hydroxylation is 1. The standard InChI is InChI=1S/C14H13ClF3NS/c1-8-5-6-20-13(8)9(2)19-10-3-4-12(15)11(7-10)14(16,17)18/h3-7,9,19H,1-2H3. The molecular formula is C14H13ClF3NS. The lowest BCUT2D eigenvalue weighted by Gasteiger charge is -2.17. The SMILES string of the molecule is Cc1ccsc1C(C)Nc1ccc(Cl)c(C(F)(F)F)c1. The normalized spacial score (nSPS) is 13.3. The lowest BCUT2D eigenvalue weighted by molar-refractivity contribution is -0.137. The minimum absolute atomic E-state index is 0.0581. The third-order valence-electron chi connectivity index (χ3n) is 2.95. The molecular weight excluding hydrogens is 307 g/mol. The summed E-state index contributed by atoms with van der Waals surface area (Å²) in [6.45, 7) is 3.90. The molecule has 0 saturated heterocycles. The molecule has 2 rings (SSSR count). The largest absolute Gasteiger partial charge is 0.417 e. The minimum atomic E-state index is -4.45. The molecule has 1 unspecified atom stereocenters. The van der Waals surface area contributed by atoms with E-state index in [1.165, 1.54) is 6.07 Å². The third-order valence-corrected chi connectivity index (χ3v) is 4.48. The fourth-order valence-corrected chi connectivity index (χ4v) is 3.14. The van der Waals surface area contributed by atoms with Crippen molar-refractivity contribution in [1.29, 1.82) is 0 Å². The van der Waals surface area contributed by atoms with Crippen LogP contribution in [0.1, 0.15) is 29.0 Å². The molecule has 20 heavy (non-hydrogen) atoms. The number of alkyl halides is 3. The Kier molecular flexibility index (Phi) is 4.30. The van der Waals surface area contributed by atoms with Gasteiger partial charge in [-0.25, -0.2) is 0 Å². The van der Waals surface area contributed by atoms with Crippen LogP contribution in [0.15, 0.2) is 29.6 Å². The van der Waals surface area contributed by atoms with E-state index >= 15 is 0 Å². The Bertz CT molecular complexity index is 607. The van der Waals surface area contributed by atoms with Crippen LogP contribution >= 0.6 is 22.9 Å². The smallest absolute Gasteiger partial charge is 0.378 e. The zero-order chi connectivity index (χ0) is 14.9. The minimum Gasteiger partial charge on any atom is -0.378 e. The summed E-state index contributed by atoms with van der Waals surface area (Å²) in [6.07, 6.45) is -4.45. The Morgan fingerprint density at radius 2 is 1.95 bits per heavy atom. The van der Waals surface area contributed by atoms with Crippen LogP contribution in [0.5, 0.6) is 0 Å². The van der Waals surface area contributed by atoms with Crippen molar-refractivity contribution in [2.45, 2.75) is 26.1 Å². The van der Waals surface area contributed by atoms with E-state index in [0.717, 1.165) is 16.5 Å². The van der Waals surface area contributed by atoms with Gasteiger partial charge in [-0.15, -0.1) is 11.3 Å². The predicted molar refractivity (Wildman–Crippen MR) is 77.5 cm³/mol. The van der Waals surface area contributed by atoms with Gasteiger partial charge in [0, 0.05) is 10.6 Å². The summed E-state index contributed by atoms with van der Waals surface area (Å²) < 4.78 is 38.4. The van der Waals surface area contributed by atoms with Gasteiger partial charge in [0.05, 0.1) is 16.6 Å². The van der Waals surface area contributed by atoms with Gasteiger partial charge in [-0.05, 0) is 49.1 Å². The first-order valence-electron chi connectivity index (χ1n) is 5.96. The molecule has 0 radical (unpaired) electrons. The number of thiophene rings is 1. The molecule has 108 valence electrons. The summed E-state index contributed by atoms with van der Waals surface area (Å²) in [5.74, 6) is 0. The van der Waals surface area contributed by atoms with Crippen molar-refractivity contribution in [2.75, 3.05) is 5.32 Å². The number of hydrogen-bond donors (Lipinski definition) is 1. The lowest BCUT2D eigenvalue weighted by atomic mass is 10.1. The number of halogens is 4. The molecule has 0 aliphatic carbocycles. The molecule has 1 N–H and O–H groups in total. The van der Waals surface area contributed by atoms with Crippen LogP contribution in [-0.4, -0.2) is 0 Å². The molecule has 1 aromatic heterocycles. The first-order chi connectivity index (χ1) is 9.29. The molecule has 0 aliphatic rings. The van der Waals surface area contributed by atoms with E-state index < -0.39 is 11.7 Å². The first kappa shape index (κ1) is 15.2. The van der Waals surface area contributed by atoms with Gasteiger partial charge >= 0.3 is 6.18 Å². The van der Waals surface area contributed by atoms with Crippen LogP contribution in [0.4, 0.5) is 18.9 Å². The van der Waals surface area contributed by atoms with Crippen molar-refractivity contribution in [1.82, 2.24) is 0 Å². The first-order valence-corrected chi connectivity index (χ1v) is 7.22. The van der Waals surface area contributed by atoms with Crippen LogP contribution in [0.2, 0.25) is 5.02 Å². The second-order valence-electron chi connectivity index (χ2n) is 4.53. The van der Waals surface area contributed by atoms with Gasteiger partial charge in [-0.1, -0.05) is 11.6 Å². The van der Waals surface area contributed by atoms with E-state index in [4.69, 9.17) is 11.6 Å². The van der Waals surface area contributed by atoms with E-state index in [1.807, 2.05) is 25.3 Å². The topological polar surface area (TPSA) is 12.0 Å². The molecule has 0 bridgehead atoms. The van der Waals surface area contributed by atoms with Crippen LogP contribution < -0.4 is 5.32 Å². The Morgan fingerprint density at radius 1 is 1.25 bits per heavy atom. The Hall–Kier alpha value is -1.20. The second kappa shape index (κ2) is 5.66. The van der Waals surface area contributed by atoms with E-state index in [-0.39, 0.29) is 11.1 Å². The van der Waals surface area contributed by atoms with Crippen LogP contribution in [0.25, 0.3) is 0 Å². The van der Waals surface area contributed by atoms with Gasteiger partial charge in [-0.2, -0.15) is 13.2 Å². The number of benzene rings is 1. The average Bonchev–Trinajstić information content (AvgIpc) is 2.76. The number of anilines is 1. The van der Waals surface area contributed by atoms with Gasteiger partial charge in [0.15, 0.2) is 0 Å². The summed E-state index contributed by atoms with van der Waals surface area (Å²) in [5.41, 5.74) is 0.710. The molecule has 1 atom stereocenters. The fourth-order valence-electron chi connectivity index (χ4n) is 1.98. The highest BCUT2D eigenvalue weighted by molar-refractivity contribution is 7.10. The summed E-state index contributed by atoms with van der Waals surface area (Å²) in [5, 5.41) is 4.75. The number of nitrogens with one attached hydrogen (secondary N) is 1. The maximum atomic E-state index is 12.8. The zero-order valence-corrected chi connectivity index (χ0v) is 12.5. The molecule has 6 heteroatoms. The van der Waals surface area contributed by atoms with Crippen molar-refractivity contribution in [2.24, 2.45) is 0 Å². The Labute approximate surface area is 124 Å². The molecule has 0 fully saturated rings. The van der Waals surface area contributed by atoms with E-state index in [9.17, 15) is 13.2 Å². The van der Waals surface area contributed by atoms with Crippen molar-refractivity contribution in [3.63, 3.8) is 0 Å². The zero-order valence-electron chi connectivity index (χ0n) is 10.9. The van der Waals surface area contributed by atoms with Gasteiger partial charge < -0.3 is 5.32 Å². The monoisotopic (exact) mass is 319 g/mol. The highest BCUT2D eigenvalue weighted by Crippen LogP contribution is 2.37. The van der Waals surface area contributed by atoms with E-state index in [2.05, 4.69) is 5.32 Å². The molecule has 1 nitrogen and oxygen atoms in total. The lowest BCUT2D eigenvalue weighted by Crippen LogP contribution is -2.09. The van der Waals surface area contributed by atoms with Gasteiger partial charge in [0.2, 0.25) is 0 Å². The summed E-state index contributed by atoms with van der Waals surface area (Å²) in [4.78, 5) is 1.11. The predicted octanol–water partition coefficient (Wildman–Crippen LogP) is 5.90. The molecule has 0 saturated carbocycles. The fraction of sp³-hybridized carbons (Fsp3) is 0.286.